The first kappa shape index (κ1) is 9.61. The lowest BCUT2D eigenvalue weighted by Crippen LogP contribution is -2.26. The highest BCUT2D eigenvalue weighted by Crippen LogP contribution is 2.44. The summed E-state index contributed by atoms with van der Waals surface area (Å²) >= 11 is 0. The lowest BCUT2D eigenvalue weighted by Gasteiger charge is -2.11. The van der Waals surface area contributed by atoms with E-state index in [0.717, 1.165) is 30.8 Å². The summed E-state index contributed by atoms with van der Waals surface area (Å²) in [5.41, 5.74) is 1.82. The predicted octanol–water partition coefficient (Wildman–Crippen LogP) is 0.240. The summed E-state index contributed by atoms with van der Waals surface area (Å²) in [5, 5.41) is 19.8. The third-order valence-electron chi connectivity index (χ3n) is 2.83. The Labute approximate surface area is 82.5 Å². The number of aromatic nitrogens is 2. The molecule has 0 saturated heterocycles. The van der Waals surface area contributed by atoms with E-state index in [1.165, 1.54) is 0 Å². The predicted molar refractivity (Wildman–Crippen MR) is 49.5 cm³/mol. The molecule has 1 aliphatic carbocycles. The smallest absolute Gasteiger partial charge is 0.121 e. The van der Waals surface area contributed by atoms with E-state index >= 15 is 0 Å². The topological polar surface area (TPSA) is 71.2 Å². The molecular weight excluding hydrogens is 182 g/mol. The highest BCUT2D eigenvalue weighted by atomic mass is 16.6. The van der Waals surface area contributed by atoms with Gasteiger partial charge in [-0.15, -0.1) is 0 Å². The molecule has 14 heavy (non-hydrogen) atoms. The van der Waals surface area contributed by atoms with Crippen LogP contribution in [0.3, 0.4) is 0 Å². The molecule has 0 radical (unpaired) electrons. The van der Waals surface area contributed by atoms with Crippen molar-refractivity contribution in [2.24, 2.45) is 5.41 Å². The SMILES string of the molecule is Cc1nonc1CNCC1(CO)CC1. The minimum Gasteiger partial charge on any atom is -0.396 e. The maximum absolute atomic E-state index is 9.08. The molecule has 0 aliphatic heterocycles. The molecule has 1 aliphatic rings. The molecule has 5 heteroatoms. The zero-order valence-electron chi connectivity index (χ0n) is 8.29. The zero-order valence-corrected chi connectivity index (χ0v) is 8.29. The molecule has 1 aromatic heterocycles. The van der Waals surface area contributed by atoms with Gasteiger partial charge in [-0.1, -0.05) is 10.3 Å². The van der Waals surface area contributed by atoms with Crippen LogP contribution in [-0.2, 0) is 6.54 Å². The van der Waals surface area contributed by atoms with Crippen molar-refractivity contribution in [3.8, 4) is 0 Å². The number of hydrogen-bond acceptors (Lipinski definition) is 5. The van der Waals surface area contributed by atoms with Gasteiger partial charge in [0.25, 0.3) is 0 Å². The van der Waals surface area contributed by atoms with Crippen LogP contribution in [0.25, 0.3) is 0 Å². The van der Waals surface area contributed by atoms with Gasteiger partial charge in [0.2, 0.25) is 0 Å². The first-order valence-corrected chi connectivity index (χ1v) is 4.85. The third-order valence-corrected chi connectivity index (χ3v) is 2.83. The average molecular weight is 197 g/mol. The fourth-order valence-corrected chi connectivity index (χ4v) is 1.42. The molecule has 0 atom stereocenters. The number of aliphatic hydroxyl groups is 1. The molecule has 0 bridgehead atoms. The third kappa shape index (κ3) is 1.93. The molecule has 78 valence electrons. The molecule has 0 unspecified atom stereocenters. The second kappa shape index (κ2) is 3.67. The van der Waals surface area contributed by atoms with Gasteiger partial charge >= 0.3 is 0 Å². The fourth-order valence-electron chi connectivity index (χ4n) is 1.42. The monoisotopic (exact) mass is 197 g/mol. The van der Waals surface area contributed by atoms with Crippen molar-refractivity contribution in [2.75, 3.05) is 13.2 Å². The Morgan fingerprint density at radius 2 is 2.29 bits per heavy atom. The normalized spacial score (nSPS) is 18.4. The van der Waals surface area contributed by atoms with Crippen molar-refractivity contribution in [2.45, 2.75) is 26.3 Å². The van der Waals surface area contributed by atoms with E-state index in [9.17, 15) is 0 Å². The van der Waals surface area contributed by atoms with Crippen LogP contribution >= 0.6 is 0 Å². The molecule has 0 amide bonds. The van der Waals surface area contributed by atoms with Crippen molar-refractivity contribution in [3.05, 3.63) is 11.4 Å². The first-order chi connectivity index (χ1) is 6.76. The van der Waals surface area contributed by atoms with Gasteiger partial charge in [0.1, 0.15) is 11.4 Å². The van der Waals surface area contributed by atoms with E-state index in [1.807, 2.05) is 6.92 Å². The molecule has 1 saturated carbocycles. The number of hydrogen-bond donors (Lipinski definition) is 2. The summed E-state index contributed by atoms with van der Waals surface area (Å²) in [6, 6.07) is 0. The van der Waals surface area contributed by atoms with Gasteiger partial charge in [-0.05, 0) is 19.8 Å². The van der Waals surface area contributed by atoms with Crippen molar-refractivity contribution in [1.82, 2.24) is 15.6 Å². The van der Waals surface area contributed by atoms with E-state index in [2.05, 4.69) is 20.3 Å². The zero-order chi connectivity index (χ0) is 10.0. The molecule has 1 heterocycles. The van der Waals surface area contributed by atoms with Gasteiger partial charge in [0.05, 0.1) is 0 Å². The van der Waals surface area contributed by atoms with Crippen molar-refractivity contribution < 1.29 is 9.74 Å². The van der Waals surface area contributed by atoms with Gasteiger partial charge in [-0.25, -0.2) is 4.63 Å². The number of aliphatic hydroxyl groups excluding tert-OH is 1. The summed E-state index contributed by atoms with van der Waals surface area (Å²) in [5.74, 6) is 0. The lowest BCUT2D eigenvalue weighted by molar-refractivity contribution is 0.207. The molecule has 0 spiro atoms. The summed E-state index contributed by atoms with van der Waals surface area (Å²) in [7, 11) is 0. The number of nitrogens with one attached hydrogen (secondary N) is 1. The van der Waals surface area contributed by atoms with Crippen LogP contribution in [0.1, 0.15) is 24.2 Å². The van der Waals surface area contributed by atoms with Crippen molar-refractivity contribution in [1.29, 1.82) is 0 Å². The second-order valence-corrected chi connectivity index (χ2v) is 4.06. The molecule has 0 aromatic carbocycles. The standard InChI is InChI=1S/C9H15N3O2/c1-7-8(12-14-11-7)4-10-5-9(6-13)2-3-9/h10,13H,2-6H2,1H3. The van der Waals surface area contributed by atoms with Gasteiger partial charge in [-0.2, -0.15) is 0 Å². The molecule has 1 fully saturated rings. The summed E-state index contributed by atoms with van der Waals surface area (Å²) in [4.78, 5) is 0. The van der Waals surface area contributed by atoms with Gasteiger partial charge in [-0.3, -0.25) is 0 Å². The van der Waals surface area contributed by atoms with Gasteiger partial charge in [0, 0.05) is 25.1 Å². The number of nitrogens with zero attached hydrogens (tertiary/aromatic N) is 2. The highest BCUT2D eigenvalue weighted by molar-refractivity contribution is 5.04. The van der Waals surface area contributed by atoms with Crippen LogP contribution in [0.4, 0.5) is 0 Å². The van der Waals surface area contributed by atoms with Gasteiger partial charge in [0.15, 0.2) is 0 Å². The van der Waals surface area contributed by atoms with Crippen molar-refractivity contribution in [3.63, 3.8) is 0 Å². The maximum Gasteiger partial charge on any atom is 0.121 e. The van der Waals surface area contributed by atoms with Crippen LogP contribution in [0.15, 0.2) is 4.63 Å². The van der Waals surface area contributed by atoms with Gasteiger partial charge < -0.3 is 10.4 Å². The van der Waals surface area contributed by atoms with Crippen molar-refractivity contribution >= 4 is 0 Å². The van der Waals surface area contributed by atoms with Crippen LogP contribution < -0.4 is 5.32 Å². The van der Waals surface area contributed by atoms with E-state index < -0.39 is 0 Å². The second-order valence-electron chi connectivity index (χ2n) is 4.06. The minimum absolute atomic E-state index is 0.144. The molecule has 2 rings (SSSR count). The fraction of sp³-hybridized carbons (Fsp3) is 0.778. The van der Waals surface area contributed by atoms with Crippen LogP contribution in [0, 0.1) is 12.3 Å². The van der Waals surface area contributed by atoms with Crippen LogP contribution in [0.5, 0.6) is 0 Å². The van der Waals surface area contributed by atoms with Crippen LogP contribution in [0.2, 0.25) is 0 Å². The number of rotatable bonds is 5. The molecule has 2 N–H and O–H groups in total. The quantitative estimate of drug-likeness (QED) is 0.707. The van der Waals surface area contributed by atoms with Crippen LogP contribution in [-0.4, -0.2) is 28.6 Å². The van der Waals surface area contributed by atoms with E-state index in [4.69, 9.17) is 5.11 Å². The summed E-state index contributed by atoms with van der Waals surface area (Å²) in [6.45, 7) is 3.65. The Bertz CT molecular complexity index is 307. The number of aryl methyl sites for hydroxylation is 1. The maximum atomic E-state index is 9.08. The first-order valence-electron chi connectivity index (χ1n) is 4.85. The Kier molecular flexibility index (Phi) is 2.52. The van der Waals surface area contributed by atoms with E-state index in [0.29, 0.717) is 6.54 Å². The lowest BCUT2D eigenvalue weighted by atomic mass is 10.1. The average Bonchev–Trinajstić information content (AvgIpc) is 2.86. The van der Waals surface area contributed by atoms with E-state index in [-0.39, 0.29) is 12.0 Å². The largest absolute Gasteiger partial charge is 0.396 e. The highest BCUT2D eigenvalue weighted by Gasteiger charge is 2.41. The van der Waals surface area contributed by atoms with E-state index in [1.54, 1.807) is 0 Å². The Hall–Kier alpha value is -0.940. The molecule has 5 nitrogen and oxygen atoms in total. The Morgan fingerprint density at radius 1 is 1.50 bits per heavy atom. The summed E-state index contributed by atoms with van der Waals surface area (Å²) in [6.07, 6.45) is 2.24. The summed E-state index contributed by atoms with van der Waals surface area (Å²) < 4.78 is 4.58. The molecule has 1 aromatic rings. The minimum atomic E-state index is 0.144. The Balaban J connectivity index is 1.76. The Morgan fingerprint density at radius 3 is 2.79 bits per heavy atom. The molecular formula is C9H15N3O2.